The molecule has 0 aromatic heterocycles. The van der Waals surface area contributed by atoms with Gasteiger partial charge in [-0.2, -0.15) is 0 Å². The molecule has 0 unspecified atom stereocenters. The average molecular weight is 229 g/mol. The molecule has 0 heterocycles. The van der Waals surface area contributed by atoms with Gasteiger partial charge in [0.1, 0.15) is 0 Å². The standard InChI is InChI=1S/C12H18P.ClH/c1-4-10-13(2,3)11-12-8-6-5-7-9-12;/h4-9H,1,10-11H2,2-3H3;1H/q+1;/p-1. The first-order valence-electron chi connectivity index (χ1n) is 4.61. The van der Waals surface area contributed by atoms with Gasteiger partial charge in [-0.3, -0.25) is 0 Å². The topological polar surface area (TPSA) is 0 Å². The summed E-state index contributed by atoms with van der Waals surface area (Å²) in [5.41, 5.74) is 1.46. The molecule has 0 nitrogen and oxygen atoms in total. The zero-order chi connectivity index (χ0) is 9.73. The van der Waals surface area contributed by atoms with Crippen molar-refractivity contribution in [1.82, 2.24) is 0 Å². The first-order chi connectivity index (χ1) is 6.14. The summed E-state index contributed by atoms with van der Waals surface area (Å²) >= 11 is 0. The van der Waals surface area contributed by atoms with Gasteiger partial charge in [-0.05, 0) is 5.56 Å². The fourth-order valence-corrected chi connectivity index (χ4v) is 3.52. The van der Waals surface area contributed by atoms with Gasteiger partial charge in [0.15, 0.2) is 0 Å². The Morgan fingerprint density at radius 2 is 1.79 bits per heavy atom. The third-order valence-electron chi connectivity index (χ3n) is 2.08. The SMILES string of the molecule is C=CC[P+](C)(C)Cc1ccccc1.[Cl-]. The molecule has 78 valence electrons. The van der Waals surface area contributed by atoms with Gasteiger partial charge < -0.3 is 12.4 Å². The van der Waals surface area contributed by atoms with Crippen molar-refractivity contribution in [3.8, 4) is 0 Å². The predicted octanol–water partition coefficient (Wildman–Crippen LogP) is 0.654. The smallest absolute Gasteiger partial charge is 0.0840 e. The van der Waals surface area contributed by atoms with Crippen LogP contribution in [0.5, 0.6) is 0 Å². The maximum atomic E-state index is 3.82. The van der Waals surface area contributed by atoms with Crippen LogP contribution in [0.25, 0.3) is 0 Å². The molecule has 1 aromatic rings. The molecular formula is C12H18ClP. The molecule has 2 heteroatoms. The van der Waals surface area contributed by atoms with E-state index >= 15 is 0 Å². The molecule has 0 aliphatic carbocycles. The predicted molar refractivity (Wildman–Crippen MR) is 64.0 cm³/mol. The minimum Gasteiger partial charge on any atom is -1.00 e. The average Bonchev–Trinajstić information content (AvgIpc) is 2.04. The first kappa shape index (κ1) is 13.7. The zero-order valence-electron chi connectivity index (χ0n) is 8.91. The number of hydrogen-bond donors (Lipinski definition) is 0. The second-order valence-corrected chi connectivity index (χ2v) is 8.60. The molecule has 1 aromatic carbocycles. The van der Waals surface area contributed by atoms with Crippen molar-refractivity contribution in [3.05, 3.63) is 48.6 Å². The summed E-state index contributed by atoms with van der Waals surface area (Å²) in [5.74, 6) is 0. The number of benzene rings is 1. The van der Waals surface area contributed by atoms with Crippen LogP contribution in [-0.2, 0) is 6.16 Å². The lowest BCUT2D eigenvalue weighted by Crippen LogP contribution is -3.00. The van der Waals surface area contributed by atoms with Crippen LogP contribution >= 0.6 is 7.26 Å². The van der Waals surface area contributed by atoms with Crippen molar-refractivity contribution in [2.75, 3.05) is 19.5 Å². The van der Waals surface area contributed by atoms with E-state index in [2.05, 4.69) is 56.3 Å². The van der Waals surface area contributed by atoms with Gasteiger partial charge >= 0.3 is 0 Å². The molecule has 0 N–H and O–H groups in total. The van der Waals surface area contributed by atoms with Crippen LogP contribution in [-0.4, -0.2) is 19.5 Å². The van der Waals surface area contributed by atoms with Gasteiger partial charge in [-0.25, -0.2) is 0 Å². The van der Waals surface area contributed by atoms with Crippen LogP contribution in [0.15, 0.2) is 43.0 Å². The molecule has 0 radical (unpaired) electrons. The molecule has 0 saturated carbocycles. The molecule has 0 spiro atoms. The van der Waals surface area contributed by atoms with Crippen LogP contribution in [0.1, 0.15) is 5.56 Å². The van der Waals surface area contributed by atoms with Gasteiger partial charge in [-0.1, -0.05) is 43.0 Å². The Labute approximate surface area is 94.2 Å². The van der Waals surface area contributed by atoms with Gasteiger partial charge in [0.25, 0.3) is 0 Å². The molecule has 0 aliphatic rings. The second kappa shape index (κ2) is 6.22. The molecule has 0 atom stereocenters. The Morgan fingerprint density at radius 3 is 2.29 bits per heavy atom. The van der Waals surface area contributed by atoms with E-state index in [1.165, 1.54) is 17.9 Å². The summed E-state index contributed by atoms with van der Waals surface area (Å²) < 4.78 is 0. The summed E-state index contributed by atoms with van der Waals surface area (Å²) in [6.45, 7) is 8.60. The van der Waals surface area contributed by atoms with Crippen LogP contribution in [0, 0.1) is 0 Å². The van der Waals surface area contributed by atoms with Crippen LogP contribution in [0.3, 0.4) is 0 Å². The van der Waals surface area contributed by atoms with Crippen molar-refractivity contribution in [1.29, 1.82) is 0 Å². The van der Waals surface area contributed by atoms with E-state index in [1.54, 1.807) is 0 Å². The number of allylic oxidation sites excluding steroid dienone is 1. The normalized spacial score (nSPS) is 10.4. The van der Waals surface area contributed by atoms with Gasteiger partial charge in [-0.15, -0.1) is 0 Å². The maximum absolute atomic E-state index is 3.82. The van der Waals surface area contributed by atoms with E-state index < -0.39 is 7.26 Å². The van der Waals surface area contributed by atoms with E-state index in [4.69, 9.17) is 0 Å². The Kier molecular flexibility index (Phi) is 6.08. The number of halogens is 1. The highest BCUT2D eigenvalue weighted by molar-refractivity contribution is 7.73. The molecule has 0 aliphatic heterocycles. The molecule has 0 bridgehead atoms. The molecule has 0 amide bonds. The van der Waals surface area contributed by atoms with E-state index in [1.807, 2.05) is 0 Å². The molecule has 14 heavy (non-hydrogen) atoms. The summed E-state index contributed by atoms with van der Waals surface area (Å²) in [5, 5.41) is 0. The van der Waals surface area contributed by atoms with E-state index in [0.29, 0.717) is 0 Å². The third kappa shape index (κ3) is 4.79. The molecule has 0 saturated heterocycles. The largest absolute Gasteiger partial charge is 1.00 e. The summed E-state index contributed by atoms with van der Waals surface area (Å²) in [7, 11) is -0.782. The fourth-order valence-electron chi connectivity index (χ4n) is 1.49. The van der Waals surface area contributed by atoms with E-state index in [0.717, 1.165) is 0 Å². The lowest BCUT2D eigenvalue weighted by atomic mass is 10.2. The van der Waals surface area contributed by atoms with Crippen molar-refractivity contribution in [2.45, 2.75) is 6.16 Å². The van der Waals surface area contributed by atoms with Gasteiger partial charge in [0.05, 0.1) is 12.3 Å². The van der Waals surface area contributed by atoms with Crippen LogP contribution in [0.4, 0.5) is 0 Å². The minimum atomic E-state index is -0.782. The monoisotopic (exact) mass is 228 g/mol. The lowest BCUT2D eigenvalue weighted by molar-refractivity contribution is -0.00000296. The van der Waals surface area contributed by atoms with Crippen molar-refractivity contribution < 1.29 is 12.4 Å². The summed E-state index contributed by atoms with van der Waals surface area (Å²) in [6, 6.07) is 10.7. The zero-order valence-corrected chi connectivity index (χ0v) is 10.6. The molecular weight excluding hydrogens is 211 g/mol. The lowest BCUT2D eigenvalue weighted by Gasteiger charge is -2.15. The van der Waals surface area contributed by atoms with Crippen LogP contribution in [0.2, 0.25) is 0 Å². The minimum absolute atomic E-state index is 0. The highest BCUT2D eigenvalue weighted by atomic mass is 35.5. The Bertz CT molecular complexity index is 267. The Balaban J connectivity index is 0.00000169. The number of hydrogen-bond acceptors (Lipinski definition) is 0. The highest BCUT2D eigenvalue weighted by Gasteiger charge is 2.22. The van der Waals surface area contributed by atoms with E-state index in [-0.39, 0.29) is 12.4 Å². The van der Waals surface area contributed by atoms with Gasteiger partial charge in [0.2, 0.25) is 0 Å². The van der Waals surface area contributed by atoms with Crippen molar-refractivity contribution in [3.63, 3.8) is 0 Å². The number of rotatable bonds is 4. The second-order valence-electron chi connectivity index (χ2n) is 4.05. The summed E-state index contributed by atoms with van der Waals surface area (Å²) in [4.78, 5) is 0. The Morgan fingerprint density at radius 1 is 1.21 bits per heavy atom. The summed E-state index contributed by atoms with van der Waals surface area (Å²) in [6.07, 6.45) is 4.47. The van der Waals surface area contributed by atoms with Crippen molar-refractivity contribution >= 4 is 7.26 Å². The third-order valence-corrected chi connectivity index (χ3v) is 4.54. The van der Waals surface area contributed by atoms with E-state index in [9.17, 15) is 0 Å². The molecule has 0 fully saturated rings. The van der Waals surface area contributed by atoms with Gasteiger partial charge in [0, 0.05) is 20.6 Å². The van der Waals surface area contributed by atoms with Crippen molar-refractivity contribution in [2.24, 2.45) is 0 Å². The maximum Gasteiger partial charge on any atom is 0.0840 e. The fraction of sp³-hybridized carbons (Fsp3) is 0.333. The highest BCUT2D eigenvalue weighted by Crippen LogP contribution is 2.54. The molecule has 1 rings (SSSR count). The first-order valence-corrected chi connectivity index (χ1v) is 7.66. The van der Waals surface area contributed by atoms with Crippen LogP contribution < -0.4 is 12.4 Å². The quantitative estimate of drug-likeness (QED) is 0.525. The Hall–Kier alpha value is -0.320.